The molecule has 0 radical (unpaired) electrons. The van der Waals surface area contributed by atoms with E-state index in [1.807, 2.05) is 0 Å². The van der Waals surface area contributed by atoms with E-state index in [1.165, 1.54) is 11.3 Å². The lowest BCUT2D eigenvalue weighted by Crippen LogP contribution is -2.52. The van der Waals surface area contributed by atoms with Gasteiger partial charge in [0.1, 0.15) is 6.04 Å². The van der Waals surface area contributed by atoms with Crippen LogP contribution in [0.5, 0.6) is 0 Å². The monoisotopic (exact) mass is 384 g/mol. The number of rotatable bonds is 4. The van der Waals surface area contributed by atoms with Crippen molar-refractivity contribution >= 4 is 23.6 Å². The highest BCUT2D eigenvalue weighted by Gasteiger charge is 2.39. The van der Waals surface area contributed by atoms with E-state index in [4.69, 9.17) is 0 Å². The number of hydrogen-bond acceptors (Lipinski definition) is 5. The summed E-state index contributed by atoms with van der Waals surface area (Å²) in [5.74, 6) is -1.22. The Morgan fingerprint density at radius 1 is 1.18 bits per heavy atom. The summed E-state index contributed by atoms with van der Waals surface area (Å²) in [6.45, 7) is 1.85. The third kappa shape index (κ3) is 3.64. The molecule has 1 aromatic rings. The summed E-state index contributed by atoms with van der Waals surface area (Å²) in [5.41, 5.74) is 1.68. The zero-order valence-electron chi connectivity index (χ0n) is 15.6. The fourth-order valence-electron chi connectivity index (χ4n) is 4.11. The first-order valence-electron chi connectivity index (χ1n) is 9.82. The number of fused-ring (bicyclic) bond motifs is 1. The molecule has 3 N–H and O–H groups in total. The van der Waals surface area contributed by atoms with Gasteiger partial charge in [-0.1, -0.05) is 12.5 Å². The van der Waals surface area contributed by atoms with E-state index in [1.54, 1.807) is 18.2 Å². The number of piperidine rings is 2. The van der Waals surface area contributed by atoms with Gasteiger partial charge in [0.2, 0.25) is 11.8 Å². The lowest BCUT2D eigenvalue weighted by atomic mass is 10.0. The van der Waals surface area contributed by atoms with Gasteiger partial charge in [0.15, 0.2) is 0 Å². The Labute approximate surface area is 163 Å². The quantitative estimate of drug-likeness (QED) is 0.648. The minimum atomic E-state index is -0.646. The first kappa shape index (κ1) is 18.6. The molecule has 4 amide bonds. The first-order chi connectivity index (χ1) is 13.5. The van der Waals surface area contributed by atoms with E-state index < -0.39 is 11.9 Å². The van der Waals surface area contributed by atoms with Crippen LogP contribution in [0, 0.1) is 0 Å². The largest absolute Gasteiger partial charge is 0.350 e. The smallest absolute Gasteiger partial charge is 0.255 e. The van der Waals surface area contributed by atoms with Crippen molar-refractivity contribution in [3.05, 3.63) is 34.9 Å². The number of nitrogens with one attached hydrogen (secondary N) is 3. The number of nitrogens with zero attached hydrogens (tertiary/aromatic N) is 1. The zero-order chi connectivity index (χ0) is 19.7. The number of carbonyl (C=O) groups is 4. The summed E-state index contributed by atoms with van der Waals surface area (Å²) in [6.07, 6.45) is 3.92. The molecule has 8 heteroatoms. The predicted molar refractivity (Wildman–Crippen MR) is 100 cm³/mol. The van der Waals surface area contributed by atoms with Gasteiger partial charge in [-0.3, -0.25) is 24.5 Å². The maximum Gasteiger partial charge on any atom is 0.255 e. The highest BCUT2D eigenvalue weighted by atomic mass is 16.2. The average molecular weight is 384 g/mol. The second-order valence-corrected chi connectivity index (χ2v) is 7.63. The second kappa shape index (κ2) is 7.71. The van der Waals surface area contributed by atoms with Gasteiger partial charge in [-0.2, -0.15) is 0 Å². The zero-order valence-corrected chi connectivity index (χ0v) is 15.6. The molecule has 2 atom stereocenters. The fraction of sp³-hybridized carbons (Fsp3) is 0.500. The van der Waals surface area contributed by atoms with Gasteiger partial charge >= 0.3 is 0 Å². The highest BCUT2D eigenvalue weighted by Crippen LogP contribution is 2.28. The van der Waals surface area contributed by atoms with Crippen molar-refractivity contribution in [2.45, 2.75) is 50.7 Å². The first-order valence-corrected chi connectivity index (χ1v) is 9.82. The Morgan fingerprint density at radius 2 is 2.04 bits per heavy atom. The highest BCUT2D eigenvalue weighted by molar-refractivity contribution is 6.06. The molecule has 0 aromatic heterocycles. The van der Waals surface area contributed by atoms with Gasteiger partial charge in [0.25, 0.3) is 11.8 Å². The van der Waals surface area contributed by atoms with E-state index in [0.29, 0.717) is 30.6 Å². The average Bonchev–Trinajstić information content (AvgIpc) is 3.03. The van der Waals surface area contributed by atoms with Crippen molar-refractivity contribution in [1.82, 2.24) is 20.9 Å². The van der Waals surface area contributed by atoms with Crippen LogP contribution < -0.4 is 16.0 Å². The Bertz CT molecular complexity index is 831. The Kier molecular flexibility index (Phi) is 5.13. The van der Waals surface area contributed by atoms with E-state index in [0.717, 1.165) is 24.9 Å². The van der Waals surface area contributed by atoms with Gasteiger partial charge < -0.3 is 15.5 Å². The normalized spacial score (nSPS) is 24.7. The van der Waals surface area contributed by atoms with E-state index in [9.17, 15) is 19.2 Å². The molecule has 1 unspecified atom stereocenters. The number of amides is 4. The molecule has 0 saturated carbocycles. The summed E-state index contributed by atoms with van der Waals surface area (Å²) in [7, 11) is 0. The van der Waals surface area contributed by atoms with E-state index >= 15 is 0 Å². The van der Waals surface area contributed by atoms with Crippen LogP contribution in [0.4, 0.5) is 0 Å². The lowest BCUT2D eigenvalue weighted by Gasteiger charge is -2.29. The number of imide groups is 1. The summed E-state index contributed by atoms with van der Waals surface area (Å²) >= 11 is 0. The minimum absolute atomic E-state index is 0.206. The molecule has 3 heterocycles. The van der Waals surface area contributed by atoms with Crippen LogP contribution in [0.2, 0.25) is 0 Å². The van der Waals surface area contributed by atoms with Crippen LogP contribution in [-0.2, 0) is 16.1 Å². The SMILES string of the molecule is O=C1CCC(N2Cc3ccc(C(=O)NC[C@H]4CCCCN4)cc3C2=O)C(=O)N1. The Morgan fingerprint density at radius 3 is 2.79 bits per heavy atom. The van der Waals surface area contributed by atoms with Crippen LogP contribution in [0.25, 0.3) is 0 Å². The molecule has 0 spiro atoms. The molecule has 8 nitrogen and oxygen atoms in total. The molecule has 148 valence electrons. The number of carbonyl (C=O) groups excluding carboxylic acids is 4. The van der Waals surface area contributed by atoms with E-state index in [2.05, 4.69) is 16.0 Å². The Balaban J connectivity index is 1.43. The molecule has 0 bridgehead atoms. The van der Waals surface area contributed by atoms with Gasteiger partial charge in [0, 0.05) is 36.7 Å². The fourth-order valence-corrected chi connectivity index (χ4v) is 4.11. The maximum absolute atomic E-state index is 12.8. The van der Waals surface area contributed by atoms with Crippen LogP contribution in [0.15, 0.2) is 18.2 Å². The van der Waals surface area contributed by atoms with Crippen molar-refractivity contribution in [2.24, 2.45) is 0 Å². The molecule has 3 aliphatic heterocycles. The molecule has 28 heavy (non-hydrogen) atoms. The van der Waals surface area contributed by atoms with Gasteiger partial charge in [0.05, 0.1) is 0 Å². The number of benzene rings is 1. The van der Waals surface area contributed by atoms with Crippen molar-refractivity contribution in [1.29, 1.82) is 0 Å². The summed E-state index contributed by atoms with van der Waals surface area (Å²) in [5, 5.41) is 8.61. The third-order valence-corrected chi connectivity index (χ3v) is 5.71. The molecule has 1 aromatic carbocycles. The summed E-state index contributed by atoms with van der Waals surface area (Å²) < 4.78 is 0. The third-order valence-electron chi connectivity index (χ3n) is 5.71. The Hall–Kier alpha value is -2.74. The van der Waals surface area contributed by atoms with Crippen LogP contribution in [0.3, 0.4) is 0 Å². The van der Waals surface area contributed by atoms with Gasteiger partial charge in [-0.25, -0.2) is 0 Å². The molecular weight excluding hydrogens is 360 g/mol. The van der Waals surface area contributed by atoms with Crippen molar-refractivity contribution < 1.29 is 19.2 Å². The topological polar surface area (TPSA) is 108 Å². The molecular formula is C20H24N4O4. The van der Waals surface area contributed by atoms with Crippen LogP contribution in [-0.4, -0.2) is 53.7 Å². The van der Waals surface area contributed by atoms with Crippen molar-refractivity contribution in [2.75, 3.05) is 13.1 Å². The van der Waals surface area contributed by atoms with Gasteiger partial charge in [-0.05, 0) is 43.5 Å². The van der Waals surface area contributed by atoms with Crippen molar-refractivity contribution in [3.8, 4) is 0 Å². The molecule has 2 fully saturated rings. The van der Waals surface area contributed by atoms with Crippen molar-refractivity contribution in [3.63, 3.8) is 0 Å². The minimum Gasteiger partial charge on any atom is -0.350 e. The molecule has 3 aliphatic rings. The maximum atomic E-state index is 12.8. The standard InChI is InChI=1S/C20H24N4O4/c25-17-7-6-16(19(27)23-17)24-11-13-5-4-12(9-15(13)20(24)28)18(26)22-10-14-3-1-2-8-21-14/h4-5,9,14,16,21H,1-3,6-8,10-11H2,(H,22,26)(H,23,25,27)/t14-,16?/m1/s1. The molecule has 4 rings (SSSR count). The summed E-state index contributed by atoms with van der Waals surface area (Å²) in [6, 6.07) is 4.73. The molecule has 2 saturated heterocycles. The number of hydrogen-bond donors (Lipinski definition) is 3. The second-order valence-electron chi connectivity index (χ2n) is 7.63. The van der Waals surface area contributed by atoms with Crippen LogP contribution in [0.1, 0.15) is 58.4 Å². The predicted octanol–water partition coefficient (Wildman–Crippen LogP) is 0.320. The lowest BCUT2D eigenvalue weighted by molar-refractivity contribution is -0.136. The van der Waals surface area contributed by atoms with Crippen LogP contribution >= 0.6 is 0 Å². The molecule has 0 aliphatic carbocycles. The van der Waals surface area contributed by atoms with Gasteiger partial charge in [-0.15, -0.1) is 0 Å². The summed E-state index contributed by atoms with van der Waals surface area (Å²) in [4.78, 5) is 50.3. The van der Waals surface area contributed by atoms with E-state index in [-0.39, 0.29) is 30.2 Å².